The quantitative estimate of drug-likeness (QED) is 0.0715. The van der Waals surface area contributed by atoms with Gasteiger partial charge in [-0.25, -0.2) is 14.4 Å². The third-order valence-electron chi connectivity index (χ3n) is 15.9. The Labute approximate surface area is 404 Å². The van der Waals surface area contributed by atoms with Gasteiger partial charge in [0.25, 0.3) is 0 Å². The molecule has 1 saturated carbocycles. The van der Waals surface area contributed by atoms with Crippen LogP contribution in [0.2, 0.25) is 0 Å². The van der Waals surface area contributed by atoms with Gasteiger partial charge in [-0.1, -0.05) is 30.3 Å². The summed E-state index contributed by atoms with van der Waals surface area (Å²) in [6.45, 7) is 10.7. The fraction of sp³-hybridized carbons (Fsp3) is 0.473. The number of methoxy groups -OCH3 is 1. The maximum Gasteiger partial charge on any atom is 0.249 e. The number of halogens is 1. The highest BCUT2D eigenvalue weighted by atomic mass is 19.1. The zero-order valence-corrected chi connectivity index (χ0v) is 40.5. The fourth-order valence-electron chi connectivity index (χ4n) is 11.6. The van der Waals surface area contributed by atoms with Crippen LogP contribution in [-0.2, 0) is 21.4 Å². The number of H-pyrrole nitrogens is 1. The number of imide groups is 1. The van der Waals surface area contributed by atoms with E-state index in [0.717, 1.165) is 129 Å². The normalized spacial score (nSPS) is 22.0. The summed E-state index contributed by atoms with van der Waals surface area (Å²) in [5.74, 6) is 1.66. The van der Waals surface area contributed by atoms with Gasteiger partial charge in [-0.15, -0.1) is 0 Å². The number of hydrogen-bond donors (Lipinski definition) is 3. The Bertz CT molecular complexity index is 2820. The Balaban J connectivity index is 0.663. The van der Waals surface area contributed by atoms with E-state index >= 15 is 4.39 Å². The van der Waals surface area contributed by atoms with Crippen molar-refractivity contribution in [3.8, 4) is 11.1 Å². The molecule has 362 valence electrons. The first-order valence-electron chi connectivity index (χ1n) is 25.2. The SMILES string of the molecule is CO[C@H](C)c1nc2ccc(-c3ccnc4c3cc([C@H](C)N3CCC(c5ccc(C(=O)CC6CCC(CN7CCN(c8ccc(NC9CCC(=O)NC9=O)cc8F)CC7)CC6)cc5)CC3)n4C)cc2[nH]1. The Morgan fingerprint density at radius 3 is 2.35 bits per heavy atom. The maximum atomic E-state index is 15.3. The van der Waals surface area contributed by atoms with E-state index in [0.29, 0.717) is 42.0 Å². The number of piperazine rings is 1. The summed E-state index contributed by atoms with van der Waals surface area (Å²) < 4.78 is 23.0. The van der Waals surface area contributed by atoms with Gasteiger partial charge in [0, 0.05) is 94.3 Å². The number of pyridine rings is 1. The number of Topliss-reactive ketones (excluding diaryl/α,β-unsaturated/α-hetero) is 1. The lowest BCUT2D eigenvalue weighted by molar-refractivity contribution is -0.133. The number of aryl methyl sites for hydroxylation is 1. The number of carbonyl (C=O) groups excluding carboxylic acids is 3. The zero-order valence-electron chi connectivity index (χ0n) is 40.5. The summed E-state index contributed by atoms with van der Waals surface area (Å²) in [4.78, 5) is 57.4. The first-order valence-corrected chi connectivity index (χ1v) is 25.2. The number of ether oxygens (including phenoxy) is 1. The summed E-state index contributed by atoms with van der Waals surface area (Å²) in [5.41, 5.74) is 9.73. The van der Waals surface area contributed by atoms with Crippen molar-refractivity contribution in [2.24, 2.45) is 18.9 Å². The van der Waals surface area contributed by atoms with Crippen molar-refractivity contribution in [2.75, 3.05) is 63.1 Å². The summed E-state index contributed by atoms with van der Waals surface area (Å²) >= 11 is 0. The number of aromatic amines is 1. The molecule has 0 radical (unpaired) electrons. The van der Waals surface area contributed by atoms with Gasteiger partial charge in [-0.2, -0.15) is 0 Å². The number of imidazole rings is 1. The van der Waals surface area contributed by atoms with Crippen LogP contribution < -0.4 is 15.5 Å². The number of rotatable bonds is 14. The van der Waals surface area contributed by atoms with Crippen LogP contribution in [0.4, 0.5) is 15.8 Å². The third-order valence-corrected chi connectivity index (χ3v) is 15.9. The largest absolute Gasteiger partial charge is 0.374 e. The van der Waals surface area contributed by atoms with E-state index in [1.54, 1.807) is 13.2 Å². The fourth-order valence-corrected chi connectivity index (χ4v) is 11.6. The third kappa shape index (κ3) is 10.1. The van der Waals surface area contributed by atoms with Crippen LogP contribution in [0.25, 0.3) is 33.2 Å². The summed E-state index contributed by atoms with van der Waals surface area (Å²) in [7, 11) is 3.83. The van der Waals surface area contributed by atoms with Crippen molar-refractivity contribution in [1.82, 2.24) is 34.6 Å². The molecule has 3 atom stereocenters. The van der Waals surface area contributed by atoms with Gasteiger partial charge >= 0.3 is 0 Å². The number of carbonyl (C=O) groups is 3. The molecule has 4 fully saturated rings. The van der Waals surface area contributed by atoms with E-state index in [9.17, 15) is 14.4 Å². The van der Waals surface area contributed by atoms with Crippen LogP contribution in [0.5, 0.6) is 0 Å². The topological polar surface area (TPSA) is 141 Å². The lowest BCUT2D eigenvalue weighted by Crippen LogP contribution is -2.48. The smallest absolute Gasteiger partial charge is 0.249 e. The highest BCUT2D eigenvalue weighted by Crippen LogP contribution is 2.38. The van der Waals surface area contributed by atoms with Crippen molar-refractivity contribution in [3.63, 3.8) is 0 Å². The van der Waals surface area contributed by atoms with Gasteiger partial charge < -0.3 is 24.5 Å². The minimum atomic E-state index is -0.545. The van der Waals surface area contributed by atoms with Gasteiger partial charge in [0.05, 0.1) is 16.7 Å². The molecule has 69 heavy (non-hydrogen) atoms. The van der Waals surface area contributed by atoms with Crippen molar-refractivity contribution in [1.29, 1.82) is 0 Å². The first kappa shape index (κ1) is 46.8. The van der Waals surface area contributed by atoms with Gasteiger partial charge in [0.15, 0.2) is 5.78 Å². The van der Waals surface area contributed by atoms with Crippen LogP contribution in [-0.4, -0.2) is 106 Å². The highest BCUT2D eigenvalue weighted by molar-refractivity contribution is 6.01. The molecule has 3 aromatic heterocycles. The number of aromatic nitrogens is 4. The molecule has 1 aliphatic carbocycles. The minimum absolute atomic E-state index is 0.106. The van der Waals surface area contributed by atoms with E-state index in [2.05, 4.69) is 103 Å². The van der Waals surface area contributed by atoms with E-state index in [4.69, 9.17) is 14.7 Å². The van der Waals surface area contributed by atoms with Crippen LogP contribution in [0, 0.1) is 17.7 Å². The number of likely N-dealkylation sites (tertiary alicyclic amines) is 1. The van der Waals surface area contributed by atoms with Gasteiger partial charge in [0.1, 0.15) is 29.4 Å². The number of hydrogen-bond acceptors (Lipinski definition) is 10. The Hall–Kier alpha value is -5.96. The monoisotopic (exact) mass is 936 g/mol. The maximum absolute atomic E-state index is 15.3. The van der Waals surface area contributed by atoms with E-state index < -0.39 is 6.04 Å². The molecule has 1 unspecified atom stereocenters. The summed E-state index contributed by atoms with van der Waals surface area (Å²) in [6, 6.07) is 24.1. The number of amides is 2. The van der Waals surface area contributed by atoms with Crippen molar-refractivity contribution in [2.45, 2.75) is 95.7 Å². The minimum Gasteiger partial charge on any atom is -0.374 e. The number of benzene rings is 3. The molecule has 3 saturated heterocycles. The molecule has 10 rings (SSSR count). The number of nitrogens with one attached hydrogen (secondary N) is 3. The lowest BCUT2D eigenvalue weighted by atomic mass is 9.79. The second kappa shape index (κ2) is 20.2. The Kier molecular flexibility index (Phi) is 13.7. The average Bonchev–Trinajstić information content (AvgIpc) is 3.96. The van der Waals surface area contributed by atoms with Crippen LogP contribution in [0.3, 0.4) is 0 Å². The molecule has 3 aromatic carbocycles. The van der Waals surface area contributed by atoms with Gasteiger partial charge in [-0.3, -0.25) is 29.5 Å². The van der Waals surface area contributed by atoms with Crippen molar-refractivity contribution < 1.29 is 23.5 Å². The van der Waals surface area contributed by atoms with E-state index in [-0.39, 0.29) is 42.0 Å². The number of ketones is 1. The Morgan fingerprint density at radius 1 is 0.870 bits per heavy atom. The molecule has 3 N–H and O–H groups in total. The molecule has 13 nitrogen and oxygen atoms in total. The molecule has 4 aliphatic rings. The number of nitrogens with zero attached hydrogens (tertiary/aromatic N) is 6. The molecule has 6 heterocycles. The summed E-state index contributed by atoms with van der Waals surface area (Å²) in [5, 5.41) is 6.56. The lowest BCUT2D eigenvalue weighted by Gasteiger charge is -2.39. The second-order valence-electron chi connectivity index (χ2n) is 20.2. The second-order valence-corrected chi connectivity index (χ2v) is 20.2. The molecule has 14 heteroatoms. The predicted molar refractivity (Wildman–Crippen MR) is 269 cm³/mol. The molecule has 0 bridgehead atoms. The molecule has 6 aromatic rings. The standard InChI is InChI=1S/C55H66FN9O4/c1-34(50-32-44-43(19-22-57-54(44)62(50)3)41-13-15-46-48(30-41)60-53(59-46)35(2)69-4)64-23-20-39(21-24-64)38-9-11-40(12-10-38)51(66)29-36-5-7-37(8-6-36)33-63-25-27-65(28-26-63)49-17-14-42(31-45(49)56)58-47-16-18-52(67)61-55(47)68/h9-15,17,19,22,30-32,34-37,39,47,58H,5-8,16,18,20-21,23-29,33H2,1-4H3,(H,59,60)(H,61,67,68)/t34-,35+,36?,37?,47?/m0/s1. The molecule has 0 spiro atoms. The van der Waals surface area contributed by atoms with Crippen LogP contribution in [0.15, 0.2) is 79.0 Å². The number of piperidine rings is 2. The first-order chi connectivity index (χ1) is 33.5. The number of fused-ring (bicyclic) bond motifs is 2. The van der Waals surface area contributed by atoms with Crippen LogP contribution in [0.1, 0.15) is 117 Å². The zero-order chi connectivity index (χ0) is 47.8. The highest BCUT2D eigenvalue weighted by Gasteiger charge is 2.31. The van der Waals surface area contributed by atoms with Crippen molar-refractivity contribution >= 4 is 51.0 Å². The Morgan fingerprint density at radius 2 is 1.62 bits per heavy atom. The molecule has 3 aliphatic heterocycles. The summed E-state index contributed by atoms with van der Waals surface area (Å²) in [6.07, 6.45) is 9.71. The number of anilines is 2. The molecule has 2 amide bonds. The average molecular weight is 936 g/mol. The van der Waals surface area contributed by atoms with Crippen molar-refractivity contribution in [3.05, 3.63) is 107 Å². The molecular weight excluding hydrogens is 870 g/mol. The van der Waals surface area contributed by atoms with Gasteiger partial charge in [0.2, 0.25) is 11.8 Å². The van der Waals surface area contributed by atoms with E-state index in [1.807, 2.05) is 19.2 Å². The predicted octanol–water partition coefficient (Wildman–Crippen LogP) is 9.32. The molecular formula is C55H66FN9O4. The van der Waals surface area contributed by atoms with Gasteiger partial charge in [-0.05, 0) is 149 Å². The van der Waals surface area contributed by atoms with E-state index in [1.165, 1.54) is 17.3 Å². The van der Waals surface area contributed by atoms with Crippen LogP contribution >= 0.6 is 0 Å².